The Hall–Kier alpha value is -1.96. The molecule has 1 aliphatic carbocycles. The molecule has 2 heterocycles. The molecule has 1 saturated carbocycles. The summed E-state index contributed by atoms with van der Waals surface area (Å²) in [6.45, 7) is 8.44. The fourth-order valence-corrected chi connectivity index (χ4v) is 4.81. The van der Waals surface area contributed by atoms with Crippen molar-refractivity contribution in [3.8, 4) is 0 Å². The first-order valence-corrected chi connectivity index (χ1v) is 17.4. The maximum Gasteiger partial charge on any atom is 0.339 e. The van der Waals surface area contributed by atoms with Gasteiger partial charge in [-0.25, -0.2) is 9.59 Å². The Bertz CT molecular complexity index is 758. The minimum atomic E-state index is -0.444. The van der Waals surface area contributed by atoms with E-state index in [9.17, 15) is 9.59 Å². The Kier molecular flexibility index (Phi) is 22.0. The van der Waals surface area contributed by atoms with Crippen molar-refractivity contribution in [1.82, 2.24) is 0 Å². The van der Waals surface area contributed by atoms with E-state index in [2.05, 4.69) is 13.8 Å². The molecule has 7 nitrogen and oxygen atoms in total. The molecule has 1 aromatic carbocycles. The third-order valence-electron chi connectivity index (χ3n) is 7.74. The maximum atomic E-state index is 12.4. The van der Waals surface area contributed by atoms with Crippen LogP contribution in [-0.4, -0.2) is 63.8 Å². The van der Waals surface area contributed by atoms with E-state index in [0.29, 0.717) is 36.5 Å². The van der Waals surface area contributed by atoms with Crippen LogP contribution in [0.1, 0.15) is 150 Å². The largest absolute Gasteiger partial charge is 0.462 e. The Labute approximate surface area is 261 Å². The molecule has 0 radical (unpaired) electrons. The van der Waals surface area contributed by atoms with Crippen LogP contribution in [0.5, 0.6) is 0 Å². The molecule has 43 heavy (non-hydrogen) atoms. The van der Waals surface area contributed by atoms with E-state index >= 15 is 0 Å². The Morgan fingerprint density at radius 1 is 0.605 bits per heavy atom. The van der Waals surface area contributed by atoms with E-state index in [1.54, 1.807) is 24.3 Å². The zero-order valence-corrected chi connectivity index (χ0v) is 27.3. The van der Waals surface area contributed by atoms with E-state index in [1.807, 2.05) is 0 Å². The van der Waals surface area contributed by atoms with Crippen LogP contribution in [0.4, 0.5) is 0 Å². The van der Waals surface area contributed by atoms with Crippen molar-refractivity contribution in [1.29, 1.82) is 0 Å². The molecule has 2 aliphatic heterocycles. The molecule has 2 atom stereocenters. The van der Waals surface area contributed by atoms with Crippen molar-refractivity contribution in [2.75, 3.05) is 39.6 Å². The molecule has 246 valence electrons. The van der Waals surface area contributed by atoms with E-state index in [0.717, 1.165) is 52.1 Å². The maximum absolute atomic E-state index is 12.4. The zero-order valence-electron chi connectivity index (χ0n) is 27.3. The minimum Gasteiger partial charge on any atom is -0.462 e. The summed E-state index contributed by atoms with van der Waals surface area (Å²) in [6.07, 6.45) is 23.4. The molecule has 0 bridgehead atoms. The van der Waals surface area contributed by atoms with Gasteiger partial charge in [-0.3, -0.25) is 0 Å². The van der Waals surface area contributed by atoms with Gasteiger partial charge in [-0.2, -0.15) is 0 Å². The predicted molar refractivity (Wildman–Crippen MR) is 172 cm³/mol. The fraction of sp³-hybridized carbons (Fsp3) is 0.778. The first-order chi connectivity index (χ1) is 21.2. The molecule has 0 amide bonds. The normalized spacial score (nSPS) is 18.4. The van der Waals surface area contributed by atoms with Crippen molar-refractivity contribution in [3.63, 3.8) is 0 Å². The third-order valence-corrected chi connectivity index (χ3v) is 7.74. The van der Waals surface area contributed by atoms with Gasteiger partial charge in [0.05, 0.1) is 50.8 Å². The highest BCUT2D eigenvalue weighted by molar-refractivity contribution is 6.03. The standard InChI is InChI=1S/C24H38O4.C6H10O3.C6H12/c1-3-5-7-9-11-15-19-27-23(25)21-17-13-14-18-22(21)24(26)28-20-16-12-10-8-6-4-2;1(5-3-8-5)7-2-6-4-9-6;1-2-4-6-5-3-1/h13-14,17-18H,3-12,15-16,19-20H2,1-2H3;5-6H,1-4H2;1-6H2. The monoisotopic (exact) mass is 604 g/mol. The SMILES string of the molecule is C(OCC1CO1)C1CO1.C1CCCCC1.CCCCCCCCOC(=O)c1ccccc1C(=O)OCCCCCCCC. The second kappa shape index (κ2) is 25.4. The minimum absolute atomic E-state index is 0.293. The number of esters is 2. The summed E-state index contributed by atoms with van der Waals surface area (Å²) in [5.41, 5.74) is 0.586. The highest BCUT2D eigenvalue weighted by Crippen LogP contribution is 2.16. The predicted octanol–water partition coefficient (Wildman–Crippen LogP) is 8.86. The lowest BCUT2D eigenvalue weighted by Crippen LogP contribution is -2.15. The lowest BCUT2D eigenvalue weighted by Gasteiger charge is -2.10. The van der Waals surface area contributed by atoms with Crippen LogP contribution in [0.3, 0.4) is 0 Å². The van der Waals surface area contributed by atoms with Gasteiger partial charge in [0.15, 0.2) is 0 Å². The molecular formula is C36H60O7. The number of unbranched alkanes of at least 4 members (excludes halogenated alkanes) is 10. The van der Waals surface area contributed by atoms with Crippen LogP contribution in [0.15, 0.2) is 24.3 Å². The Balaban J connectivity index is 0.000000341. The number of carbonyl (C=O) groups is 2. The van der Waals surface area contributed by atoms with Gasteiger partial charge in [-0.15, -0.1) is 0 Å². The zero-order chi connectivity index (χ0) is 30.8. The molecule has 0 N–H and O–H groups in total. The first-order valence-electron chi connectivity index (χ1n) is 17.4. The highest BCUT2D eigenvalue weighted by Gasteiger charge is 2.26. The van der Waals surface area contributed by atoms with Gasteiger partial charge < -0.3 is 23.7 Å². The lowest BCUT2D eigenvalue weighted by atomic mass is 10.0. The van der Waals surface area contributed by atoms with Crippen LogP contribution in [0.2, 0.25) is 0 Å². The summed E-state index contributed by atoms with van der Waals surface area (Å²) >= 11 is 0. The van der Waals surface area contributed by atoms with Crippen molar-refractivity contribution in [2.45, 2.75) is 142 Å². The van der Waals surface area contributed by atoms with Gasteiger partial charge in [0.2, 0.25) is 0 Å². The van der Waals surface area contributed by atoms with Crippen molar-refractivity contribution < 1.29 is 33.3 Å². The fourth-order valence-electron chi connectivity index (χ4n) is 4.81. The van der Waals surface area contributed by atoms with Crippen molar-refractivity contribution >= 4 is 11.9 Å². The third kappa shape index (κ3) is 20.6. The van der Waals surface area contributed by atoms with Crippen LogP contribution in [-0.2, 0) is 23.7 Å². The van der Waals surface area contributed by atoms with Crippen LogP contribution in [0, 0.1) is 0 Å². The molecule has 0 aromatic heterocycles. The van der Waals surface area contributed by atoms with E-state index in [-0.39, 0.29) is 0 Å². The molecule has 3 fully saturated rings. The summed E-state index contributed by atoms with van der Waals surface area (Å²) in [4.78, 5) is 24.7. The summed E-state index contributed by atoms with van der Waals surface area (Å²) in [5.74, 6) is -0.888. The number of ether oxygens (including phenoxy) is 5. The molecule has 2 unspecified atom stereocenters. The van der Waals surface area contributed by atoms with Gasteiger partial charge in [0, 0.05) is 0 Å². The lowest BCUT2D eigenvalue weighted by molar-refractivity contribution is 0.0450. The number of benzene rings is 1. The average molecular weight is 605 g/mol. The van der Waals surface area contributed by atoms with Gasteiger partial charge >= 0.3 is 11.9 Å². The number of hydrogen-bond donors (Lipinski definition) is 0. The molecule has 2 saturated heterocycles. The molecule has 4 rings (SSSR count). The number of rotatable bonds is 20. The summed E-state index contributed by atoms with van der Waals surface area (Å²) in [6, 6.07) is 6.74. The number of hydrogen-bond acceptors (Lipinski definition) is 7. The topological polar surface area (TPSA) is 86.9 Å². The summed E-state index contributed by atoms with van der Waals surface area (Å²) in [5, 5.41) is 0. The van der Waals surface area contributed by atoms with Gasteiger partial charge in [0.1, 0.15) is 12.2 Å². The van der Waals surface area contributed by atoms with Crippen LogP contribution < -0.4 is 0 Å². The molecule has 0 spiro atoms. The molecule has 1 aromatic rings. The molecule has 7 heteroatoms. The molecule has 3 aliphatic rings. The van der Waals surface area contributed by atoms with Crippen LogP contribution in [0.25, 0.3) is 0 Å². The number of epoxide rings is 2. The second-order valence-corrected chi connectivity index (χ2v) is 11.9. The summed E-state index contributed by atoms with van der Waals surface area (Å²) < 4.78 is 25.8. The van der Waals surface area contributed by atoms with E-state index < -0.39 is 11.9 Å². The Morgan fingerprint density at radius 3 is 1.30 bits per heavy atom. The molecular weight excluding hydrogens is 544 g/mol. The van der Waals surface area contributed by atoms with Gasteiger partial charge in [-0.1, -0.05) is 129 Å². The number of carbonyl (C=O) groups excluding carboxylic acids is 2. The second-order valence-electron chi connectivity index (χ2n) is 11.9. The highest BCUT2D eigenvalue weighted by atomic mass is 16.6. The van der Waals surface area contributed by atoms with E-state index in [4.69, 9.17) is 23.7 Å². The quantitative estimate of drug-likeness (QED) is 0.0834. The van der Waals surface area contributed by atoms with E-state index in [1.165, 1.54) is 89.9 Å². The van der Waals surface area contributed by atoms with Gasteiger partial charge in [-0.05, 0) is 25.0 Å². The van der Waals surface area contributed by atoms with Crippen LogP contribution >= 0.6 is 0 Å². The summed E-state index contributed by atoms with van der Waals surface area (Å²) in [7, 11) is 0. The average Bonchev–Trinajstić information content (AvgIpc) is 3.99. The Morgan fingerprint density at radius 2 is 0.953 bits per heavy atom. The van der Waals surface area contributed by atoms with Gasteiger partial charge in [0.25, 0.3) is 0 Å². The first kappa shape index (κ1) is 37.2. The smallest absolute Gasteiger partial charge is 0.339 e. The van der Waals surface area contributed by atoms with Crippen molar-refractivity contribution in [3.05, 3.63) is 35.4 Å². The van der Waals surface area contributed by atoms with Crippen molar-refractivity contribution in [2.24, 2.45) is 0 Å².